The second kappa shape index (κ2) is 13.4. The molecule has 1 aliphatic rings. The van der Waals surface area contributed by atoms with Crippen LogP contribution in [0.4, 0.5) is 0 Å². The van der Waals surface area contributed by atoms with Gasteiger partial charge in [-0.3, -0.25) is 4.79 Å². The zero-order valence-corrected chi connectivity index (χ0v) is 22.8. The zero-order chi connectivity index (χ0) is 24.7. The molecule has 5 nitrogen and oxygen atoms in total. The molecule has 3 rings (SSSR count). The van der Waals surface area contributed by atoms with E-state index in [0.717, 1.165) is 61.7 Å². The van der Waals surface area contributed by atoms with Crippen molar-refractivity contribution in [2.24, 2.45) is 11.8 Å². The second-order valence-electron chi connectivity index (χ2n) is 9.63. The Labute approximate surface area is 221 Å². The molecule has 1 aliphatic carbocycles. The van der Waals surface area contributed by atoms with E-state index in [4.69, 9.17) is 21.1 Å². The quantitative estimate of drug-likeness (QED) is 0.318. The van der Waals surface area contributed by atoms with Crippen LogP contribution >= 0.6 is 24.0 Å². The Hall–Kier alpha value is -1.95. The number of halogens is 2. The summed E-state index contributed by atoms with van der Waals surface area (Å²) in [6.45, 7) is 6.13. The van der Waals surface area contributed by atoms with Crippen molar-refractivity contribution in [2.45, 2.75) is 57.8 Å². The molecule has 0 saturated heterocycles. The fourth-order valence-electron chi connectivity index (χ4n) is 5.76. The second-order valence-corrected chi connectivity index (χ2v) is 10.1. The Morgan fingerprint density at radius 1 is 1.14 bits per heavy atom. The molecule has 0 radical (unpaired) electrons. The normalized spacial score (nSPS) is 19.1. The van der Waals surface area contributed by atoms with Gasteiger partial charge < -0.3 is 19.9 Å². The van der Waals surface area contributed by atoms with Crippen LogP contribution in [0.3, 0.4) is 0 Å². The van der Waals surface area contributed by atoms with Crippen LogP contribution in [0.15, 0.2) is 36.4 Å². The van der Waals surface area contributed by atoms with E-state index in [1.54, 1.807) is 14.2 Å². The van der Waals surface area contributed by atoms with Crippen LogP contribution in [0.5, 0.6) is 11.5 Å². The van der Waals surface area contributed by atoms with E-state index in [-0.39, 0.29) is 30.2 Å². The largest absolute Gasteiger partial charge is 0.493 e. The summed E-state index contributed by atoms with van der Waals surface area (Å²) in [5, 5.41) is 14.2. The molecule has 0 saturated carbocycles. The highest BCUT2D eigenvalue weighted by Crippen LogP contribution is 2.50. The van der Waals surface area contributed by atoms with E-state index in [1.807, 2.05) is 24.3 Å². The Balaban J connectivity index is 0.00000432. The van der Waals surface area contributed by atoms with Crippen LogP contribution in [0.1, 0.15) is 56.2 Å². The van der Waals surface area contributed by atoms with Crippen molar-refractivity contribution in [1.82, 2.24) is 5.32 Å². The number of carbonyl (C=O) groups is 1. The van der Waals surface area contributed by atoms with Gasteiger partial charge in [-0.15, -0.1) is 12.4 Å². The molecule has 2 aromatic carbocycles. The van der Waals surface area contributed by atoms with Crippen molar-refractivity contribution in [1.29, 1.82) is 0 Å². The highest BCUT2D eigenvalue weighted by molar-refractivity contribution is 6.30. The van der Waals surface area contributed by atoms with Crippen LogP contribution in [-0.4, -0.2) is 38.4 Å². The minimum absolute atomic E-state index is 0. The fraction of sp³-hybridized carbons (Fsp3) is 0.536. The van der Waals surface area contributed by atoms with Crippen molar-refractivity contribution < 1.29 is 19.4 Å². The predicted octanol–water partition coefficient (Wildman–Crippen LogP) is 6.32. The first kappa shape index (κ1) is 29.3. The summed E-state index contributed by atoms with van der Waals surface area (Å²) in [6, 6.07) is 12.1. The number of benzene rings is 2. The Morgan fingerprint density at radius 2 is 1.89 bits per heavy atom. The van der Waals surface area contributed by atoms with E-state index < -0.39 is 5.97 Å². The molecule has 7 heteroatoms. The van der Waals surface area contributed by atoms with Crippen molar-refractivity contribution in [3.05, 3.63) is 58.1 Å². The average Bonchev–Trinajstić information content (AvgIpc) is 2.81. The number of methoxy groups -OCH3 is 2. The summed E-state index contributed by atoms with van der Waals surface area (Å²) in [6.07, 6.45) is 5.04. The van der Waals surface area contributed by atoms with E-state index in [9.17, 15) is 9.90 Å². The number of rotatable bonds is 12. The van der Waals surface area contributed by atoms with Gasteiger partial charge in [-0.25, -0.2) is 0 Å². The van der Waals surface area contributed by atoms with Gasteiger partial charge in [-0.2, -0.15) is 0 Å². The maximum Gasteiger partial charge on any atom is 0.304 e. The zero-order valence-electron chi connectivity index (χ0n) is 21.2. The maximum absolute atomic E-state index is 12.0. The third-order valence-electron chi connectivity index (χ3n) is 7.47. The first-order chi connectivity index (χ1) is 16.3. The van der Waals surface area contributed by atoms with Crippen molar-refractivity contribution in [3.63, 3.8) is 0 Å². The molecule has 2 atom stereocenters. The summed E-state index contributed by atoms with van der Waals surface area (Å²) in [5.41, 5.74) is 3.24. The van der Waals surface area contributed by atoms with Gasteiger partial charge in [0, 0.05) is 10.4 Å². The smallest absolute Gasteiger partial charge is 0.304 e. The van der Waals surface area contributed by atoms with E-state index in [0.29, 0.717) is 5.92 Å². The topological polar surface area (TPSA) is 67.8 Å². The van der Waals surface area contributed by atoms with Gasteiger partial charge in [0.2, 0.25) is 0 Å². The molecule has 0 aromatic heterocycles. The summed E-state index contributed by atoms with van der Waals surface area (Å²) in [4.78, 5) is 12.0. The molecule has 2 aromatic rings. The number of aryl methyl sites for hydroxylation is 2. The number of hydrogen-bond acceptors (Lipinski definition) is 4. The van der Waals surface area contributed by atoms with Crippen molar-refractivity contribution in [3.8, 4) is 11.5 Å². The fourth-order valence-corrected chi connectivity index (χ4v) is 5.96. The summed E-state index contributed by atoms with van der Waals surface area (Å²) >= 11 is 6.26. The number of ether oxygens (including phenoxy) is 2. The van der Waals surface area contributed by atoms with Crippen LogP contribution in [0, 0.1) is 11.8 Å². The molecule has 0 fully saturated rings. The van der Waals surface area contributed by atoms with Crippen LogP contribution < -0.4 is 14.8 Å². The number of carboxylic acid groups (broad SMARTS) is 1. The highest BCUT2D eigenvalue weighted by Gasteiger charge is 2.47. The van der Waals surface area contributed by atoms with Crippen LogP contribution in [0.2, 0.25) is 5.02 Å². The lowest BCUT2D eigenvalue weighted by atomic mass is 9.55. The highest BCUT2D eigenvalue weighted by atomic mass is 35.5. The van der Waals surface area contributed by atoms with Gasteiger partial charge in [-0.1, -0.05) is 37.6 Å². The number of hydrogen-bond donors (Lipinski definition) is 2. The SMILES string of the molecule is COc1ccc(CCCNCCC2CCc3cc(Cl)ccc3C2(CC(=O)O)C(C)C)cc1OC.Cl. The van der Waals surface area contributed by atoms with Gasteiger partial charge in [0.25, 0.3) is 0 Å². The minimum Gasteiger partial charge on any atom is -0.493 e. The molecule has 194 valence electrons. The first-order valence-electron chi connectivity index (χ1n) is 12.2. The maximum atomic E-state index is 12.0. The van der Waals surface area contributed by atoms with Crippen molar-refractivity contribution >= 4 is 30.0 Å². The lowest BCUT2D eigenvalue weighted by Crippen LogP contribution is -2.46. The molecule has 0 amide bonds. The lowest BCUT2D eigenvalue weighted by Gasteiger charge is -2.48. The number of nitrogens with one attached hydrogen (secondary N) is 1. The van der Waals surface area contributed by atoms with Gasteiger partial charge in [0.05, 0.1) is 20.6 Å². The third kappa shape index (κ3) is 6.84. The number of carboxylic acids is 1. The Bertz CT molecular complexity index is 981. The molecular weight excluding hydrogens is 485 g/mol. The Kier molecular flexibility index (Phi) is 11.2. The first-order valence-corrected chi connectivity index (χ1v) is 12.6. The van der Waals surface area contributed by atoms with Gasteiger partial charge in [0.15, 0.2) is 11.5 Å². The molecule has 2 N–H and O–H groups in total. The average molecular weight is 525 g/mol. The van der Waals surface area contributed by atoms with Crippen LogP contribution in [-0.2, 0) is 23.1 Å². The third-order valence-corrected chi connectivity index (χ3v) is 7.71. The molecule has 0 bridgehead atoms. The number of fused-ring (bicyclic) bond motifs is 1. The van der Waals surface area contributed by atoms with Gasteiger partial charge in [-0.05, 0) is 98.0 Å². The summed E-state index contributed by atoms with van der Waals surface area (Å²) < 4.78 is 10.7. The summed E-state index contributed by atoms with van der Waals surface area (Å²) in [5.74, 6) is 1.31. The molecule has 35 heavy (non-hydrogen) atoms. The molecule has 0 heterocycles. The van der Waals surface area contributed by atoms with Crippen molar-refractivity contribution in [2.75, 3.05) is 27.3 Å². The lowest BCUT2D eigenvalue weighted by molar-refractivity contribution is -0.140. The van der Waals surface area contributed by atoms with E-state index in [1.165, 1.54) is 16.7 Å². The predicted molar refractivity (Wildman–Crippen MR) is 145 cm³/mol. The standard InChI is InChI=1S/C28H38ClNO4.ClH/c1-19(2)28(18-27(31)32)22(9-8-21-17-23(29)10-11-24(21)28)13-15-30-14-5-6-20-7-12-25(33-3)26(16-20)34-4;/h7,10-12,16-17,19,22,30H,5-6,8-9,13-15,18H2,1-4H3,(H,31,32);1H. The van der Waals surface area contributed by atoms with Crippen LogP contribution in [0.25, 0.3) is 0 Å². The molecular formula is C28H39Cl2NO4. The van der Waals surface area contributed by atoms with Gasteiger partial charge >= 0.3 is 5.97 Å². The molecule has 0 aliphatic heterocycles. The monoisotopic (exact) mass is 523 g/mol. The minimum atomic E-state index is -0.732. The summed E-state index contributed by atoms with van der Waals surface area (Å²) in [7, 11) is 3.30. The van der Waals surface area contributed by atoms with Gasteiger partial charge in [0.1, 0.15) is 0 Å². The van der Waals surface area contributed by atoms with E-state index >= 15 is 0 Å². The number of aliphatic carboxylic acids is 1. The Morgan fingerprint density at radius 3 is 2.54 bits per heavy atom. The molecule has 2 unspecified atom stereocenters. The van der Waals surface area contributed by atoms with E-state index in [2.05, 4.69) is 31.3 Å². The molecule has 0 spiro atoms.